The third kappa shape index (κ3) is 4.67. The normalized spacial score (nSPS) is 22.0. The molecular weight excluding hydrogens is 438 g/mol. The lowest BCUT2D eigenvalue weighted by Gasteiger charge is -2.27. The second-order valence-electron chi connectivity index (χ2n) is 9.33. The highest BCUT2D eigenvalue weighted by atomic mass is 32.2. The summed E-state index contributed by atoms with van der Waals surface area (Å²) in [5, 5.41) is 3.42. The molecule has 0 unspecified atom stereocenters. The first kappa shape index (κ1) is 22.1. The Labute approximate surface area is 194 Å². The van der Waals surface area contributed by atoms with E-state index in [1.54, 1.807) is 30.6 Å². The van der Waals surface area contributed by atoms with Crippen molar-refractivity contribution in [2.75, 3.05) is 10.0 Å². The van der Waals surface area contributed by atoms with Gasteiger partial charge in [0, 0.05) is 18.1 Å². The highest BCUT2D eigenvalue weighted by molar-refractivity contribution is 7.92. The molecule has 10 heteroatoms. The largest absolute Gasteiger partial charge is 0.351 e. The Bertz CT molecular complexity index is 1230. The van der Waals surface area contributed by atoms with Gasteiger partial charge in [0.05, 0.1) is 11.2 Å². The number of aromatic nitrogens is 4. The van der Waals surface area contributed by atoms with Gasteiger partial charge in [-0.15, -0.1) is 0 Å². The van der Waals surface area contributed by atoms with Crippen molar-refractivity contribution in [1.82, 2.24) is 19.5 Å². The number of nitrogens with two attached hydrogens (primary N) is 1. The number of sulfonamides is 1. The van der Waals surface area contributed by atoms with E-state index in [1.165, 1.54) is 12.8 Å². The maximum atomic E-state index is 13.1. The molecule has 0 amide bonds. The van der Waals surface area contributed by atoms with Crippen LogP contribution in [0.15, 0.2) is 35.5 Å². The number of nitrogens with one attached hydrogen (secondary N) is 2. The minimum atomic E-state index is -3.82. The predicted molar refractivity (Wildman–Crippen MR) is 129 cm³/mol. The lowest BCUT2D eigenvalue weighted by atomic mass is 9.92. The van der Waals surface area contributed by atoms with E-state index >= 15 is 0 Å². The fourth-order valence-corrected chi connectivity index (χ4v) is 5.86. The number of aryl methyl sites for hydroxylation is 1. The first-order valence-corrected chi connectivity index (χ1v) is 13.2. The number of imidazole rings is 1. The summed E-state index contributed by atoms with van der Waals surface area (Å²) in [4.78, 5) is 14.0. The van der Waals surface area contributed by atoms with Crippen LogP contribution < -0.4 is 15.8 Å². The van der Waals surface area contributed by atoms with Crippen LogP contribution in [0.5, 0.6) is 0 Å². The molecule has 1 aromatic carbocycles. The molecule has 2 aliphatic carbocycles. The topological polar surface area (TPSA) is 128 Å². The minimum Gasteiger partial charge on any atom is -0.351 e. The van der Waals surface area contributed by atoms with Gasteiger partial charge >= 0.3 is 0 Å². The van der Waals surface area contributed by atoms with Crippen molar-refractivity contribution in [3.63, 3.8) is 0 Å². The van der Waals surface area contributed by atoms with Crippen LogP contribution in [-0.2, 0) is 10.0 Å². The van der Waals surface area contributed by atoms with Crippen molar-refractivity contribution in [1.29, 1.82) is 0 Å². The van der Waals surface area contributed by atoms with Crippen LogP contribution in [0.2, 0.25) is 0 Å². The van der Waals surface area contributed by atoms with E-state index < -0.39 is 10.0 Å². The third-order valence-electron chi connectivity index (χ3n) is 6.81. The van der Waals surface area contributed by atoms with E-state index in [1.807, 2.05) is 6.92 Å². The molecule has 33 heavy (non-hydrogen) atoms. The highest BCUT2D eigenvalue weighted by Gasteiger charge is 2.25. The highest BCUT2D eigenvalue weighted by Crippen LogP contribution is 2.33. The van der Waals surface area contributed by atoms with Gasteiger partial charge in [0.15, 0.2) is 17.0 Å². The maximum Gasteiger partial charge on any atom is 0.263 e. The van der Waals surface area contributed by atoms with Crippen molar-refractivity contribution in [2.24, 2.45) is 5.73 Å². The van der Waals surface area contributed by atoms with E-state index in [2.05, 4.69) is 24.6 Å². The van der Waals surface area contributed by atoms with Gasteiger partial charge in [-0.3, -0.25) is 4.72 Å². The van der Waals surface area contributed by atoms with E-state index in [0.717, 1.165) is 44.1 Å². The average molecular weight is 470 g/mol. The fourth-order valence-electron chi connectivity index (χ4n) is 4.85. The van der Waals surface area contributed by atoms with Gasteiger partial charge in [0.2, 0.25) is 5.95 Å². The van der Waals surface area contributed by atoms with Crippen LogP contribution in [-0.4, -0.2) is 40.0 Å². The summed E-state index contributed by atoms with van der Waals surface area (Å²) in [5.74, 6) is 0.622. The van der Waals surface area contributed by atoms with Gasteiger partial charge < -0.3 is 15.6 Å². The Morgan fingerprint density at radius 2 is 1.70 bits per heavy atom. The van der Waals surface area contributed by atoms with Crippen LogP contribution in [0.4, 0.5) is 11.8 Å². The zero-order valence-corrected chi connectivity index (χ0v) is 19.7. The summed E-state index contributed by atoms with van der Waals surface area (Å²) in [6.45, 7) is 1.92. The van der Waals surface area contributed by atoms with Gasteiger partial charge in [0.1, 0.15) is 0 Å². The number of hydrogen-bond donors (Lipinski definition) is 3. The lowest BCUT2D eigenvalue weighted by molar-refractivity contribution is 0.410. The number of fused-ring (bicyclic) bond motifs is 1. The molecule has 4 N–H and O–H groups in total. The maximum absolute atomic E-state index is 13.1. The molecule has 0 radical (unpaired) electrons. The Kier molecular flexibility index (Phi) is 5.96. The summed E-state index contributed by atoms with van der Waals surface area (Å²) in [5.41, 5.74) is 8.17. The van der Waals surface area contributed by atoms with Crippen LogP contribution in [0.25, 0.3) is 11.2 Å². The Morgan fingerprint density at radius 3 is 2.39 bits per heavy atom. The molecule has 0 spiro atoms. The Balaban J connectivity index is 1.52. The predicted octanol–water partition coefficient (Wildman–Crippen LogP) is 3.73. The number of benzene rings is 1. The standard InChI is InChI=1S/C23H31N7O2S/c1-15-6-12-19(13-7-15)33(31,32)29-21-20-22(30(14-25-20)18-4-2-3-5-18)28-23(27-21)26-17-10-8-16(24)9-11-17/h6-7,12-14,16-18H,2-5,8-11,24H2,1H3,(H2,26,27,28,29)/t16-,17-. The average Bonchev–Trinajstić information content (AvgIpc) is 3.45. The molecule has 2 saturated carbocycles. The zero-order chi connectivity index (χ0) is 23.0. The fraction of sp³-hybridized carbons (Fsp3) is 0.522. The summed E-state index contributed by atoms with van der Waals surface area (Å²) in [6.07, 6.45) is 10.0. The second kappa shape index (κ2) is 8.90. The summed E-state index contributed by atoms with van der Waals surface area (Å²) in [6, 6.07) is 7.53. The molecule has 2 aliphatic rings. The van der Waals surface area contributed by atoms with Gasteiger partial charge in [0.25, 0.3) is 10.0 Å². The van der Waals surface area contributed by atoms with Crippen LogP contribution in [0.3, 0.4) is 0 Å². The summed E-state index contributed by atoms with van der Waals surface area (Å²) < 4.78 is 31.0. The van der Waals surface area contributed by atoms with Crippen LogP contribution in [0.1, 0.15) is 63.0 Å². The summed E-state index contributed by atoms with van der Waals surface area (Å²) in [7, 11) is -3.82. The van der Waals surface area contributed by atoms with Crippen molar-refractivity contribution in [2.45, 2.75) is 81.3 Å². The molecule has 0 atom stereocenters. The van der Waals surface area contributed by atoms with E-state index in [0.29, 0.717) is 23.2 Å². The van der Waals surface area contributed by atoms with E-state index in [-0.39, 0.29) is 22.8 Å². The summed E-state index contributed by atoms with van der Waals surface area (Å²) >= 11 is 0. The monoisotopic (exact) mass is 469 g/mol. The number of hydrogen-bond acceptors (Lipinski definition) is 7. The van der Waals surface area contributed by atoms with Crippen molar-refractivity contribution in [3.05, 3.63) is 36.2 Å². The number of nitrogens with zero attached hydrogens (tertiary/aromatic N) is 4. The molecule has 3 aromatic rings. The SMILES string of the molecule is Cc1ccc(S(=O)(=O)Nc2nc(N[C@H]3CC[C@H](N)CC3)nc3c2ncn3C2CCCC2)cc1. The molecule has 0 saturated heterocycles. The van der Waals surface area contributed by atoms with Gasteiger partial charge in [-0.25, -0.2) is 13.4 Å². The first-order chi connectivity index (χ1) is 15.9. The van der Waals surface area contributed by atoms with E-state index in [9.17, 15) is 8.42 Å². The Morgan fingerprint density at radius 1 is 1.00 bits per heavy atom. The zero-order valence-electron chi connectivity index (χ0n) is 18.9. The van der Waals surface area contributed by atoms with Crippen LogP contribution in [0, 0.1) is 6.92 Å². The van der Waals surface area contributed by atoms with E-state index in [4.69, 9.17) is 10.7 Å². The van der Waals surface area contributed by atoms with Gasteiger partial charge in [-0.1, -0.05) is 30.5 Å². The van der Waals surface area contributed by atoms with Crippen LogP contribution >= 0.6 is 0 Å². The number of rotatable bonds is 6. The smallest absolute Gasteiger partial charge is 0.263 e. The minimum absolute atomic E-state index is 0.186. The van der Waals surface area contributed by atoms with Gasteiger partial charge in [-0.05, 0) is 57.6 Å². The molecule has 5 rings (SSSR count). The van der Waals surface area contributed by atoms with Crippen molar-refractivity contribution < 1.29 is 8.42 Å². The third-order valence-corrected chi connectivity index (χ3v) is 8.16. The molecule has 2 heterocycles. The lowest BCUT2D eigenvalue weighted by Crippen LogP contribution is -2.33. The molecule has 0 bridgehead atoms. The first-order valence-electron chi connectivity index (χ1n) is 11.8. The van der Waals surface area contributed by atoms with Crippen molar-refractivity contribution in [3.8, 4) is 0 Å². The second-order valence-corrected chi connectivity index (χ2v) is 11.0. The van der Waals surface area contributed by atoms with Crippen molar-refractivity contribution >= 4 is 33.0 Å². The molecule has 9 nitrogen and oxygen atoms in total. The molecule has 176 valence electrons. The quantitative estimate of drug-likeness (QED) is 0.502. The molecular formula is C23H31N7O2S. The molecule has 0 aliphatic heterocycles. The molecule has 2 aromatic heterocycles. The number of anilines is 2. The Hall–Kier alpha value is -2.72. The molecule has 2 fully saturated rings. The van der Waals surface area contributed by atoms with Gasteiger partial charge in [-0.2, -0.15) is 9.97 Å².